The zero-order chi connectivity index (χ0) is 21.4. The number of H-pyrrole nitrogens is 1. The van der Waals surface area contributed by atoms with Gasteiger partial charge in [0.15, 0.2) is 0 Å². The van der Waals surface area contributed by atoms with Crippen molar-refractivity contribution in [2.24, 2.45) is 0 Å². The number of aromatic nitrogens is 2. The largest absolute Gasteiger partial charge is 0.342 e. The van der Waals surface area contributed by atoms with Gasteiger partial charge in [-0.25, -0.2) is 9.37 Å². The number of amides is 1. The lowest BCUT2D eigenvalue weighted by molar-refractivity contribution is -0.129. The van der Waals surface area contributed by atoms with E-state index in [0.29, 0.717) is 25.0 Å². The van der Waals surface area contributed by atoms with Crippen molar-refractivity contribution in [1.82, 2.24) is 19.8 Å². The van der Waals surface area contributed by atoms with Crippen LogP contribution in [0.5, 0.6) is 0 Å². The van der Waals surface area contributed by atoms with Gasteiger partial charge in [0.1, 0.15) is 11.6 Å². The molecule has 1 amide bonds. The van der Waals surface area contributed by atoms with Crippen molar-refractivity contribution in [3.05, 3.63) is 63.1 Å². The van der Waals surface area contributed by atoms with Gasteiger partial charge in [0.2, 0.25) is 5.91 Å². The van der Waals surface area contributed by atoms with Gasteiger partial charge in [0.05, 0.1) is 12.1 Å². The first kappa shape index (κ1) is 20.4. The Labute approximate surface area is 181 Å². The summed E-state index contributed by atoms with van der Waals surface area (Å²) in [6.45, 7) is 2.92. The van der Waals surface area contributed by atoms with E-state index in [1.165, 1.54) is 37.8 Å². The Balaban J connectivity index is 1.27. The number of hydrogen-bond donors (Lipinski definition) is 1. The van der Waals surface area contributed by atoms with Crippen molar-refractivity contribution in [1.29, 1.82) is 0 Å². The van der Waals surface area contributed by atoms with E-state index in [-0.39, 0.29) is 29.6 Å². The van der Waals surface area contributed by atoms with E-state index in [0.717, 1.165) is 42.8 Å². The molecule has 7 heteroatoms. The van der Waals surface area contributed by atoms with Gasteiger partial charge in [-0.3, -0.25) is 14.5 Å². The maximum atomic E-state index is 13.1. The van der Waals surface area contributed by atoms with Crippen LogP contribution in [0, 0.1) is 5.82 Å². The van der Waals surface area contributed by atoms with Crippen LogP contribution in [-0.4, -0.2) is 51.4 Å². The molecule has 5 rings (SSSR count). The smallest absolute Gasteiger partial charge is 0.254 e. The van der Waals surface area contributed by atoms with Gasteiger partial charge in [-0.2, -0.15) is 0 Å². The summed E-state index contributed by atoms with van der Waals surface area (Å²) < 4.78 is 13.1. The molecule has 164 valence electrons. The van der Waals surface area contributed by atoms with E-state index in [1.54, 1.807) is 12.1 Å². The van der Waals surface area contributed by atoms with Crippen LogP contribution in [0.4, 0.5) is 4.39 Å². The molecular formula is C24H29FN4O2. The molecule has 2 aliphatic heterocycles. The zero-order valence-corrected chi connectivity index (χ0v) is 17.8. The van der Waals surface area contributed by atoms with Gasteiger partial charge in [-0.05, 0) is 43.4 Å². The van der Waals surface area contributed by atoms with Gasteiger partial charge in [0, 0.05) is 43.7 Å². The van der Waals surface area contributed by atoms with Crippen LogP contribution in [0.25, 0.3) is 0 Å². The van der Waals surface area contributed by atoms with E-state index in [2.05, 4.69) is 9.88 Å². The average molecular weight is 425 g/mol. The molecule has 1 saturated carbocycles. The first-order valence-electron chi connectivity index (χ1n) is 11.4. The Morgan fingerprint density at radius 1 is 1.13 bits per heavy atom. The number of hydrogen-bond acceptors (Lipinski definition) is 4. The number of halogens is 1. The summed E-state index contributed by atoms with van der Waals surface area (Å²) in [5.41, 5.74) is 2.55. The van der Waals surface area contributed by atoms with Crippen LogP contribution < -0.4 is 5.56 Å². The Bertz CT molecular complexity index is 1010. The first-order valence-corrected chi connectivity index (χ1v) is 11.4. The number of rotatable bonds is 4. The molecule has 2 aromatic rings. The van der Waals surface area contributed by atoms with Crippen molar-refractivity contribution >= 4 is 5.91 Å². The van der Waals surface area contributed by atoms with Gasteiger partial charge in [0.25, 0.3) is 5.56 Å². The van der Waals surface area contributed by atoms with Crippen molar-refractivity contribution in [3.8, 4) is 0 Å². The van der Waals surface area contributed by atoms with Crippen LogP contribution in [0.3, 0.4) is 0 Å². The molecule has 0 radical (unpaired) electrons. The SMILES string of the molecule is O=C(Cc1ccc(F)cc1)N1CCC(c2nc3c(c(=O)[nH]2)CCN(C2CCCC2)C3)C1. The third kappa shape index (κ3) is 4.28. The molecule has 0 spiro atoms. The molecule has 1 saturated heterocycles. The Morgan fingerprint density at radius 3 is 2.68 bits per heavy atom. The highest BCUT2D eigenvalue weighted by Gasteiger charge is 2.32. The van der Waals surface area contributed by atoms with Crippen molar-refractivity contribution in [2.45, 2.75) is 63.5 Å². The molecule has 1 aromatic carbocycles. The highest BCUT2D eigenvalue weighted by molar-refractivity contribution is 5.79. The molecule has 3 heterocycles. The summed E-state index contributed by atoms with van der Waals surface area (Å²) in [7, 11) is 0. The molecule has 1 unspecified atom stereocenters. The summed E-state index contributed by atoms with van der Waals surface area (Å²) in [6.07, 6.45) is 6.91. The van der Waals surface area contributed by atoms with Crippen molar-refractivity contribution in [2.75, 3.05) is 19.6 Å². The third-order valence-electron chi connectivity index (χ3n) is 7.16. The Morgan fingerprint density at radius 2 is 1.90 bits per heavy atom. The molecule has 1 atom stereocenters. The maximum absolute atomic E-state index is 13.1. The number of aromatic amines is 1. The second-order valence-electron chi connectivity index (χ2n) is 9.16. The lowest BCUT2D eigenvalue weighted by Crippen LogP contribution is -2.41. The fourth-order valence-electron chi connectivity index (χ4n) is 5.35. The molecule has 1 N–H and O–H groups in total. The second kappa shape index (κ2) is 8.54. The molecule has 1 aromatic heterocycles. The normalized spacial score (nSPS) is 22.1. The summed E-state index contributed by atoms with van der Waals surface area (Å²) >= 11 is 0. The molecule has 1 aliphatic carbocycles. The predicted octanol–water partition coefficient (Wildman–Crippen LogP) is 2.77. The van der Waals surface area contributed by atoms with Crippen LogP contribution in [0.2, 0.25) is 0 Å². The van der Waals surface area contributed by atoms with Crippen molar-refractivity contribution < 1.29 is 9.18 Å². The van der Waals surface area contributed by atoms with Gasteiger partial charge >= 0.3 is 0 Å². The summed E-state index contributed by atoms with van der Waals surface area (Å²) in [5, 5.41) is 0. The number of benzene rings is 1. The van der Waals surface area contributed by atoms with Gasteiger partial charge < -0.3 is 9.88 Å². The molecule has 31 heavy (non-hydrogen) atoms. The Hall–Kier alpha value is -2.54. The van der Waals surface area contributed by atoms with E-state index >= 15 is 0 Å². The summed E-state index contributed by atoms with van der Waals surface area (Å²) in [6, 6.07) is 6.69. The summed E-state index contributed by atoms with van der Waals surface area (Å²) in [4.78, 5) is 37.7. The number of carbonyl (C=O) groups is 1. The van der Waals surface area contributed by atoms with Crippen LogP contribution >= 0.6 is 0 Å². The predicted molar refractivity (Wildman–Crippen MR) is 115 cm³/mol. The minimum atomic E-state index is -0.300. The monoisotopic (exact) mass is 424 g/mol. The zero-order valence-electron chi connectivity index (χ0n) is 17.8. The van der Waals surface area contributed by atoms with Crippen LogP contribution in [0.15, 0.2) is 29.1 Å². The van der Waals surface area contributed by atoms with Gasteiger partial charge in [-0.1, -0.05) is 25.0 Å². The standard InChI is InChI=1S/C24H29FN4O2/c25-18-7-5-16(6-8-18)13-22(30)29-11-9-17(14-29)23-26-21-15-28(19-3-1-2-4-19)12-10-20(21)24(31)27-23/h5-8,17,19H,1-4,9-15H2,(H,26,27,31). The van der Waals surface area contributed by atoms with Crippen molar-refractivity contribution in [3.63, 3.8) is 0 Å². The fourth-order valence-corrected chi connectivity index (χ4v) is 5.35. The quantitative estimate of drug-likeness (QED) is 0.820. The van der Waals surface area contributed by atoms with E-state index in [4.69, 9.17) is 4.98 Å². The molecule has 2 fully saturated rings. The Kier molecular flexibility index (Phi) is 5.61. The number of carbonyl (C=O) groups excluding carboxylic acids is 1. The summed E-state index contributed by atoms with van der Waals surface area (Å²) in [5.74, 6) is 0.499. The number of nitrogens with zero attached hydrogens (tertiary/aromatic N) is 3. The van der Waals surface area contributed by atoms with Gasteiger partial charge in [-0.15, -0.1) is 0 Å². The lowest BCUT2D eigenvalue weighted by Gasteiger charge is -2.32. The lowest BCUT2D eigenvalue weighted by atomic mass is 10.0. The van der Waals surface area contributed by atoms with Crippen LogP contribution in [-0.2, 0) is 24.2 Å². The van der Waals surface area contributed by atoms with E-state index < -0.39 is 0 Å². The second-order valence-corrected chi connectivity index (χ2v) is 9.16. The first-order chi connectivity index (χ1) is 15.1. The highest BCUT2D eigenvalue weighted by atomic mass is 19.1. The van der Waals surface area contributed by atoms with E-state index in [1.807, 2.05) is 4.90 Å². The molecule has 3 aliphatic rings. The number of fused-ring (bicyclic) bond motifs is 1. The third-order valence-corrected chi connectivity index (χ3v) is 7.16. The minimum Gasteiger partial charge on any atom is -0.342 e. The minimum absolute atomic E-state index is 0.0119. The molecule has 6 nitrogen and oxygen atoms in total. The average Bonchev–Trinajstić information content (AvgIpc) is 3.47. The molecular weight excluding hydrogens is 395 g/mol. The number of likely N-dealkylation sites (tertiary alicyclic amines) is 1. The maximum Gasteiger partial charge on any atom is 0.254 e. The van der Waals surface area contributed by atoms with E-state index in [9.17, 15) is 14.0 Å². The topological polar surface area (TPSA) is 69.3 Å². The number of nitrogens with one attached hydrogen (secondary N) is 1. The highest BCUT2D eigenvalue weighted by Crippen LogP contribution is 2.29. The van der Waals surface area contributed by atoms with Crippen LogP contribution in [0.1, 0.15) is 60.7 Å². The molecule has 0 bridgehead atoms. The fraction of sp³-hybridized carbons (Fsp3) is 0.542.